The molecule has 166 valence electrons. The van der Waals surface area contributed by atoms with Crippen molar-refractivity contribution in [1.82, 2.24) is 15.1 Å². The summed E-state index contributed by atoms with van der Waals surface area (Å²) in [6, 6.07) is 7.39. The summed E-state index contributed by atoms with van der Waals surface area (Å²) in [4.78, 5) is 20.0. The van der Waals surface area contributed by atoms with E-state index < -0.39 is 0 Å². The smallest absolute Gasteiger partial charge is 0.234 e. The quantitative estimate of drug-likeness (QED) is 0.750. The number of carbonyl (C=O) groups is 1. The molecule has 0 aromatic heterocycles. The van der Waals surface area contributed by atoms with Crippen LogP contribution in [0.5, 0.6) is 5.75 Å². The molecule has 1 amide bonds. The third-order valence-corrected chi connectivity index (χ3v) is 7.38. The zero-order chi connectivity index (χ0) is 20.8. The van der Waals surface area contributed by atoms with Gasteiger partial charge in [-0.3, -0.25) is 14.6 Å². The van der Waals surface area contributed by atoms with Crippen LogP contribution >= 0.6 is 0 Å². The Labute approximate surface area is 181 Å². The summed E-state index contributed by atoms with van der Waals surface area (Å²) in [6.45, 7) is 7.34. The molecular weight excluding hydrogens is 376 g/mol. The van der Waals surface area contributed by atoms with Gasteiger partial charge in [-0.25, -0.2) is 0 Å². The molecule has 4 rings (SSSR count). The fraction of sp³-hybridized carbons (Fsp3) is 0.708. The molecule has 6 nitrogen and oxygen atoms in total. The van der Waals surface area contributed by atoms with Crippen LogP contribution in [0.3, 0.4) is 0 Å². The van der Waals surface area contributed by atoms with Crippen molar-refractivity contribution >= 4 is 11.6 Å². The minimum atomic E-state index is 0.176. The Kier molecular flexibility index (Phi) is 7.16. The fourth-order valence-corrected chi connectivity index (χ4v) is 5.53. The molecule has 6 heteroatoms. The van der Waals surface area contributed by atoms with Crippen molar-refractivity contribution in [2.24, 2.45) is 0 Å². The summed E-state index contributed by atoms with van der Waals surface area (Å²) in [5.74, 6) is 0.476. The number of piperidine rings is 1. The molecule has 3 fully saturated rings. The maximum Gasteiger partial charge on any atom is 0.234 e. The Morgan fingerprint density at radius 1 is 0.867 bits per heavy atom. The Hall–Kier alpha value is -1.79. The van der Waals surface area contributed by atoms with Crippen molar-refractivity contribution < 1.29 is 9.90 Å². The first kappa shape index (κ1) is 21.4. The van der Waals surface area contributed by atoms with E-state index in [1.54, 1.807) is 12.1 Å². The standard InChI is InChI=1S/C24H38N4O2/c29-22-9-7-21(8-10-22)27-17-15-26(16-18-27)19-23(30)25-20-24(11-3-1-4-12-24)28-13-5-2-6-14-28/h7-10,29H,1-6,11-20H2,(H,25,30). The number of benzene rings is 1. The van der Waals surface area contributed by atoms with Crippen LogP contribution in [-0.2, 0) is 4.79 Å². The van der Waals surface area contributed by atoms with E-state index in [1.807, 2.05) is 12.1 Å². The number of phenols is 1. The van der Waals surface area contributed by atoms with Gasteiger partial charge in [0, 0.05) is 44.0 Å². The number of rotatable bonds is 6. The number of phenolic OH excluding ortho intramolecular Hbond substituents is 1. The Bertz CT molecular complexity index is 673. The largest absolute Gasteiger partial charge is 0.508 e. The molecule has 3 aliphatic rings. The van der Waals surface area contributed by atoms with Gasteiger partial charge >= 0.3 is 0 Å². The van der Waals surface area contributed by atoms with Gasteiger partial charge in [0.1, 0.15) is 5.75 Å². The molecule has 1 aromatic rings. The summed E-state index contributed by atoms with van der Waals surface area (Å²) in [7, 11) is 0. The Balaban J connectivity index is 1.24. The Morgan fingerprint density at radius 2 is 1.50 bits per heavy atom. The van der Waals surface area contributed by atoms with Crippen LogP contribution in [-0.4, -0.2) is 78.7 Å². The summed E-state index contributed by atoms with van der Waals surface area (Å²) >= 11 is 0. The summed E-state index contributed by atoms with van der Waals surface area (Å²) < 4.78 is 0. The van der Waals surface area contributed by atoms with E-state index >= 15 is 0 Å². The molecule has 1 aromatic carbocycles. The first-order chi connectivity index (χ1) is 14.6. The highest BCUT2D eigenvalue weighted by Gasteiger charge is 2.38. The molecule has 2 N–H and O–H groups in total. The van der Waals surface area contributed by atoms with E-state index in [4.69, 9.17) is 0 Å². The number of amides is 1. The number of nitrogens with zero attached hydrogens (tertiary/aromatic N) is 3. The average molecular weight is 415 g/mol. The number of likely N-dealkylation sites (tertiary alicyclic amines) is 1. The highest BCUT2D eigenvalue weighted by atomic mass is 16.3. The lowest BCUT2D eigenvalue weighted by atomic mass is 9.79. The van der Waals surface area contributed by atoms with Gasteiger partial charge in [-0.05, 0) is 63.0 Å². The second-order valence-corrected chi connectivity index (χ2v) is 9.39. The molecule has 0 radical (unpaired) electrons. The van der Waals surface area contributed by atoms with Gasteiger partial charge in [0.2, 0.25) is 5.91 Å². The van der Waals surface area contributed by atoms with Gasteiger partial charge < -0.3 is 15.3 Å². The zero-order valence-electron chi connectivity index (χ0n) is 18.3. The predicted octanol–water partition coefficient (Wildman–Crippen LogP) is 2.82. The van der Waals surface area contributed by atoms with Crippen molar-refractivity contribution in [3.63, 3.8) is 0 Å². The SMILES string of the molecule is O=C(CN1CCN(c2ccc(O)cc2)CC1)NCC1(N2CCCCC2)CCCCC1. The first-order valence-corrected chi connectivity index (χ1v) is 11.9. The lowest BCUT2D eigenvalue weighted by Gasteiger charge is -2.48. The number of piperazine rings is 1. The first-order valence-electron chi connectivity index (χ1n) is 11.9. The highest BCUT2D eigenvalue weighted by Crippen LogP contribution is 2.35. The van der Waals surface area contributed by atoms with Gasteiger partial charge in [0.25, 0.3) is 0 Å². The van der Waals surface area contributed by atoms with Crippen LogP contribution in [0.2, 0.25) is 0 Å². The van der Waals surface area contributed by atoms with Gasteiger partial charge in [-0.1, -0.05) is 25.7 Å². The van der Waals surface area contributed by atoms with Crippen molar-refractivity contribution in [2.45, 2.75) is 56.9 Å². The van der Waals surface area contributed by atoms with Crippen molar-refractivity contribution in [1.29, 1.82) is 0 Å². The minimum absolute atomic E-state index is 0.176. The third kappa shape index (κ3) is 5.27. The molecule has 0 atom stereocenters. The van der Waals surface area contributed by atoms with Crippen molar-refractivity contribution in [3.8, 4) is 5.75 Å². The molecule has 0 bridgehead atoms. The van der Waals surface area contributed by atoms with E-state index in [9.17, 15) is 9.90 Å². The lowest BCUT2D eigenvalue weighted by molar-refractivity contribution is -0.123. The van der Waals surface area contributed by atoms with Crippen LogP contribution < -0.4 is 10.2 Å². The van der Waals surface area contributed by atoms with E-state index in [-0.39, 0.29) is 11.4 Å². The molecule has 0 unspecified atom stereocenters. The zero-order valence-corrected chi connectivity index (χ0v) is 18.3. The molecular formula is C24H38N4O2. The molecule has 1 aliphatic carbocycles. The van der Waals surface area contributed by atoms with Gasteiger partial charge in [-0.15, -0.1) is 0 Å². The maximum absolute atomic E-state index is 12.8. The van der Waals surface area contributed by atoms with Crippen LogP contribution in [0.1, 0.15) is 51.4 Å². The molecule has 2 aliphatic heterocycles. The van der Waals surface area contributed by atoms with E-state index in [0.29, 0.717) is 12.3 Å². The number of hydrogen-bond acceptors (Lipinski definition) is 5. The predicted molar refractivity (Wildman–Crippen MR) is 121 cm³/mol. The summed E-state index contributed by atoms with van der Waals surface area (Å²) in [6.07, 6.45) is 10.4. The van der Waals surface area contributed by atoms with E-state index in [2.05, 4.69) is 20.0 Å². The summed E-state index contributed by atoms with van der Waals surface area (Å²) in [5.41, 5.74) is 1.34. The van der Waals surface area contributed by atoms with Crippen molar-refractivity contribution in [2.75, 3.05) is 57.3 Å². The number of nitrogens with one attached hydrogen (secondary N) is 1. The minimum Gasteiger partial charge on any atom is -0.508 e. The number of aromatic hydroxyl groups is 1. The Morgan fingerprint density at radius 3 is 2.17 bits per heavy atom. The molecule has 2 heterocycles. The maximum atomic E-state index is 12.8. The molecule has 0 spiro atoms. The van der Waals surface area contributed by atoms with E-state index in [1.165, 1.54) is 64.5 Å². The van der Waals surface area contributed by atoms with Crippen LogP contribution in [0.4, 0.5) is 5.69 Å². The molecule has 30 heavy (non-hydrogen) atoms. The number of carbonyl (C=O) groups excluding carboxylic acids is 1. The number of anilines is 1. The molecule has 2 saturated heterocycles. The lowest BCUT2D eigenvalue weighted by Crippen LogP contribution is -2.59. The van der Waals surface area contributed by atoms with Crippen LogP contribution in [0.15, 0.2) is 24.3 Å². The monoisotopic (exact) mass is 414 g/mol. The highest BCUT2D eigenvalue weighted by molar-refractivity contribution is 5.78. The topological polar surface area (TPSA) is 59.1 Å². The average Bonchev–Trinajstić information content (AvgIpc) is 2.80. The van der Waals surface area contributed by atoms with Crippen LogP contribution in [0, 0.1) is 0 Å². The van der Waals surface area contributed by atoms with Crippen molar-refractivity contribution in [3.05, 3.63) is 24.3 Å². The fourth-order valence-electron chi connectivity index (χ4n) is 5.53. The number of hydrogen-bond donors (Lipinski definition) is 2. The van der Waals surface area contributed by atoms with Gasteiger partial charge in [0.05, 0.1) is 6.54 Å². The molecule has 1 saturated carbocycles. The third-order valence-electron chi connectivity index (χ3n) is 7.38. The van der Waals surface area contributed by atoms with Gasteiger partial charge in [0.15, 0.2) is 0 Å². The van der Waals surface area contributed by atoms with Gasteiger partial charge in [-0.2, -0.15) is 0 Å². The van der Waals surface area contributed by atoms with E-state index in [0.717, 1.165) is 38.4 Å². The normalized spacial score (nSPS) is 23.3. The van der Waals surface area contributed by atoms with Crippen LogP contribution in [0.25, 0.3) is 0 Å². The summed E-state index contributed by atoms with van der Waals surface area (Å²) in [5, 5.41) is 12.8. The second-order valence-electron chi connectivity index (χ2n) is 9.39. The second kappa shape index (κ2) is 10.0.